The molecule has 1 aliphatic rings. The average molecular weight is 315 g/mol. The summed E-state index contributed by atoms with van der Waals surface area (Å²) in [5.41, 5.74) is 1.32. The van der Waals surface area contributed by atoms with Gasteiger partial charge in [-0.15, -0.1) is 0 Å². The number of carbonyl (C=O) groups excluding carboxylic acids is 1. The Hall–Kier alpha value is -1.68. The van der Waals surface area contributed by atoms with Crippen molar-refractivity contribution in [3.63, 3.8) is 0 Å². The summed E-state index contributed by atoms with van der Waals surface area (Å²) < 4.78 is 2.02. The summed E-state index contributed by atoms with van der Waals surface area (Å²) in [6.07, 6.45) is 14.0. The fourth-order valence-corrected chi connectivity index (χ4v) is 3.15. The molecule has 23 heavy (non-hydrogen) atoms. The largest absolute Gasteiger partial charge is 0.328 e. The van der Waals surface area contributed by atoms with Gasteiger partial charge in [0.25, 0.3) is 0 Å². The van der Waals surface area contributed by atoms with Crippen molar-refractivity contribution in [3.05, 3.63) is 42.0 Å². The maximum atomic E-state index is 12.8. The Morgan fingerprint density at radius 3 is 2.78 bits per heavy atom. The Morgan fingerprint density at radius 1 is 1.39 bits per heavy atom. The van der Waals surface area contributed by atoms with E-state index in [1.54, 1.807) is 6.20 Å². The molecule has 1 fully saturated rings. The molecule has 4 nitrogen and oxygen atoms in total. The number of imidazole rings is 1. The number of ketones is 1. The number of aromatic nitrogens is 2. The number of piperidine rings is 1. The lowest BCUT2D eigenvalue weighted by Crippen LogP contribution is -2.34. The second-order valence-electron chi connectivity index (χ2n) is 6.32. The first-order valence-corrected chi connectivity index (χ1v) is 8.71. The van der Waals surface area contributed by atoms with Gasteiger partial charge in [-0.3, -0.25) is 4.79 Å². The summed E-state index contributed by atoms with van der Waals surface area (Å²) in [7, 11) is 2.12. The lowest BCUT2D eigenvalue weighted by molar-refractivity contribution is 0.0841. The van der Waals surface area contributed by atoms with Gasteiger partial charge in [-0.2, -0.15) is 0 Å². The van der Waals surface area contributed by atoms with Gasteiger partial charge in [0.15, 0.2) is 5.82 Å². The van der Waals surface area contributed by atoms with Gasteiger partial charge in [0.1, 0.15) is 0 Å². The molecule has 0 unspecified atom stereocenters. The summed E-state index contributed by atoms with van der Waals surface area (Å²) in [5, 5.41) is 0. The molecule has 4 heteroatoms. The maximum absolute atomic E-state index is 12.8. The van der Waals surface area contributed by atoms with Crippen molar-refractivity contribution in [3.8, 4) is 0 Å². The molecular formula is C19H29N3O. The van der Waals surface area contributed by atoms with Crippen LogP contribution in [-0.4, -0.2) is 40.4 Å². The van der Waals surface area contributed by atoms with E-state index in [1.807, 2.05) is 17.7 Å². The summed E-state index contributed by atoms with van der Waals surface area (Å²) in [4.78, 5) is 19.4. The molecule has 0 amide bonds. The third kappa shape index (κ3) is 4.90. The van der Waals surface area contributed by atoms with Gasteiger partial charge in [-0.05, 0) is 52.7 Å². The third-order valence-electron chi connectivity index (χ3n) is 4.51. The topological polar surface area (TPSA) is 38.1 Å². The van der Waals surface area contributed by atoms with Gasteiger partial charge in [-0.25, -0.2) is 4.98 Å². The Morgan fingerprint density at radius 2 is 2.13 bits per heavy atom. The smallest absolute Gasteiger partial charge is 0.201 e. The van der Waals surface area contributed by atoms with Crippen LogP contribution in [0.3, 0.4) is 0 Å². The number of likely N-dealkylation sites (tertiary alicyclic amines) is 1. The highest BCUT2D eigenvalue weighted by Gasteiger charge is 2.27. The lowest BCUT2D eigenvalue weighted by Gasteiger charge is -2.27. The van der Waals surface area contributed by atoms with Crippen LogP contribution in [0.4, 0.5) is 0 Å². The zero-order valence-corrected chi connectivity index (χ0v) is 14.7. The summed E-state index contributed by atoms with van der Waals surface area (Å²) in [5.74, 6) is 0.986. The number of nitrogens with zero attached hydrogens (tertiary/aromatic N) is 3. The SMILES string of the molecule is C/C=C\C(=C/CC)CCn1ccnc1C(=O)C1CCN(C)CC1. The Labute approximate surface area is 139 Å². The van der Waals surface area contributed by atoms with Gasteiger partial charge in [0.2, 0.25) is 5.78 Å². The highest BCUT2D eigenvalue weighted by molar-refractivity contribution is 5.94. The quantitative estimate of drug-likeness (QED) is 0.568. The van der Waals surface area contributed by atoms with E-state index in [0.717, 1.165) is 45.3 Å². The van der Waals surface area contributed by atoms with Gasteiger partial charge in [-0.1, -0.05) is 30.7 Å². The van der Waals surface area contributed by atoms with Crippen LogP contribution in [0.15, 0.2) is 36.2 Å². The van der Waals surface area contributed by atoms with Crippen LogP contribution >= 0.6 is 0 Å². The molecule has 1 aromatic heterocycles. The van der Waals surface area contributed by atoms with Crippen molar-refractivity contribution in [2.24, 2.45) is 5.92 Å². The molecule has 1 aliphatic heterocycles. The fraction of sp³-hybridized carbons (Fsp3) is 0.579. The van der Waals surface area contributed by atoms with Crippen molar-refractivity contribution in [1.82, 2.24) is 14.5 Å². The monoisotopic (exact) mass is 315 g/mol. The average Bonchev–Trinajstić information content (AvgIpc) is 3.01. The number of carbonyl (C=O) groups is 1. The Balaban J connectivity index is 2.01. The molecule has 0 bridgehead atoms. The van der Waals surface area contributed by atoms with Crippen molar-refractivity contribution in [2.45, 2.75) is 46.1 Å². The molecule has 0 N–H and O–H groups in total. The molecule has 0 radical (unpaired) electrons. The van der Waals surface area contributed by atoms with Crippen LogP contribution in [0.25, 0.3) is 0 Å². The van der Waals surface area contributed by atoms with Gasteiger partial charge >= 0.3 is 0 Å². The van der Waals surface area contributed by atoms with E-state index < -0.39 is 0 Å². The van der Waals surface area contributed by atoms with Crippen molar-refractivity contribution >= 4 is 5.78 Å². The molecule has 2 heterocycles. The van der Waals surface area contributed by atoms with E-state index in [-0.39, 0.29) is 11.7 Å². The molecule has 2 rings (SSSR count). The summed E-state index contributed by atoms with van der Waals surface area (Å²) >= 11 is 0. The number of Topliss-reactive ketones (excluding diaryl/α,β-unsaturated/α-hetero) is 1. The van der Waals surface area contributed by atoms with Gasteiger partial charge in [0, 0.05) is 24.9 Å². The van der Waals surface area contributed by atoms with Crippen molar-refractivity contribution < 1.29 is 4.79 Å². The lowest BCUT2D eigenvalue weighted by atomic mass is 9.92. The van der Waals surface area contributed by atoms with Crippen LogP contribution in [-0.2, 0) is 6.54 Å². The third-order valence-corrected chi connectivity index (χ3v) is 4.51. The normalized spacial score (nSPS) is 18.0. The fourth-order valence-electron chi connectivity index (χ4n) is 3.15. The van der Waals surface area contributed by atoms with Crippen LogP contribution in [0.1, 0.15) is 50.1 Å². The molecule has 1 aromatic rings. The molecule has 0 saturated carbocycles. The van der Waals surface area contributed by atoms with Crippen LogP contribution in [0, 0.1) is 5.92 Å². The first-order valence-electron chi connectivity index (χ1n) is 8.71. The van der Waals surface area contributed by atoms with Crippen LogP contribution < -0.4 is 0 Å². The number of rotatable bonds is 7. The van der Waals surface area contributed by atoms with Gasteiger partial charge in [0.05, 0.1) is 0 Å². The first-order chi connectivity index (χ1) is 11.2. The first kappa shape index (κ1) is 17.7. The van der Waals surface area contributed by atoms with E-state index >= 15 is 0 Å². The minimum absolute atomic E-state index is 0.133. The van der Waals surface area contributed by atoms with E-state index in [1.165, 1.54) is 5.57 Å². The van der Waals surface area contributed by atoms with E-state index in [4.69, 9.17) is 0 Å². The zero-order valence-electron chi connectivity index (χ0n) is 14.7. The number of hydrogen-bond acceptors (Lipinski definition) is 3. The minimum atomic E-state index is 0.133. The standard InChI is InChI=1S/C19H29N3O/c1-4-6-16(7-5-2)8-14-22-15-11-20-19(22)18(23)17-9-12-21(3)13-10-17/h4,6-7,11,15,17H,5,8-10,12-14H2,1-3H3/b6-4-,16-7+. The van der Waals surface area contributed by atoms with Crippen LogP contribution in [0.2, 0.25) is 0 Å². The number of hydrogen-bond donors (Lipinski definition) is 0. The van der Waals surface area contributed by atoms with E-state index in [2.05, 4.69) is 42.1 Å². The second-order valence-corrected chi connectivity index (χ2v) is 6.32. The zero-order chi connectivity index (χ0) is 16.7. The molecule has 126 valence electrons. The second kappa shape index (κ2) is 8.82. The minimum Gasteiger partial charge on any atom is -0.328 e. The van der Waals surface area contributed by atoms with Crippen LogP contribution in [0.5, 0.6) is 0 Å². The number of aryl methyl sites for hydroxylation is 1. The molecule has 0 atom stereocenters. The number of allylic oxidation sites excluding steroid dienone is 4. The summed E-state index contributed by atoms with van der Waals surface area (Å²) in [6, 6.07) is 0. The summed E-state index contributed by atoms with van der Waals surface area (Å²) in [6.45, 7) is 7.00. The highest BCUT2D eigenvalue weighted by Crippen LogP contribution is 2.21. The molecule has 0 aromatic carbocycles. The van der Waals surface area contributed by atoms with Crippen molar-refractivity contribution in [2.75, 3.05) is 20.1 Å². The molecule has 0 aliphatic carbocycles. The van der Waals surface area contributed by atoms with Gasteiger partial charge < -0.3 is 9.47 Å². The molecule has 0 spiro atoms. The molecular weight excluding hydrogens is 286 g/mol. The van der Waals surface area contributed by atoms with E-state index in [9.17, 15) is 4.79 Å². The maximum Gasteiger partial charge on any atom is 0.201 e. The Kier molecular flexibility index (Phi) is 6.78. The van der Waals surface area contributed by atoms with Crippen molar-refractivity contribution in [1.29, 1.82) is 0 Å². The predicted molar refractivity (Wildman–Crippen MR) is 94.6 cm³/mol. The highest BCUT2D eigenvalue weighted by atomic mass is 16.1. The Bertz CT molecular complexity index is 563. The van der Waals surface area contributed by atoms with E-state index in [0.29, 0.717) is 5.82 Å². The molecule has 1 saturated heterocycles. The predicted octanol–water partition coefficient (Wildman–Crippen LogP) is 3.71.